The molecule has 2 atom stereocenters. The van der Waals surface area contributed by atoms with E-state index in [-0.39, 0.29) is 29.3 Å². The van der Waals surface area contributed by atoms with Gasteiger partial charge in [0.25, 0.3) is 0 Å². The van der Waals surface area contributed by atoms with Gasteiger partial charge < -0.3 is 5.73 Å². The Labute approximate surface area is 127 Å². The molecule has 1 nitrogen and oxygen atoms in total. The fraction of sp³-hybridized carbons (Fsp3) is 0.571. The van der Waals surface area contributed by atoms with E-state index in [9.17, 15) is 22.0 Å². The minimum absolute atomic E-state index is 0.0197. The maximum atomic E-state index is 14.0. The minimum atomic E-state index is -4.32. The molecule has 0 aromatic heterocycles. The zero-order valence-electron chi connectivity index (χ0n) is 11.1. The van der Waals surface area contributed by atoms with Gasteiger partial charge in [-0.25, -0.2) is 8.78 Å². The lowest BCUT2D eigenvalue weighted by Gasteiger charge is -2.39. The molecule has 0 saturated heterocycles. The van der Waals surface area contributed by atoms with E-state index in [1.165, 1.54) is 6.07 Å². The summed E-state index contributed by atoms with van der Waals surface area (Å²) in [7, 11) is 0. The van der Waals surface area contributed by atoms with Crippen molar-refractivity contribution in [2.24, 2.45) is 11.7 Å². The van der Waals surface area contributed by atoms with Gasteiger partial charge in [-0.05, 0) is 53.7 Å². The van der Waals surface area contributed by atoms with Crippen molar-refractivity contribution in [3.63, 3.8) is 0 Å². The largest absolute Gasteiger partial charge is 0.391 e. The fourth-order valence-electron chi connectivity index (χ4n) is 2.92. The average molecular weight is 372 g/mol. The van der Waals surface area contributed by atoms with Crippen LogP contribution in [-0.2, 0) is 6.42 Å². The zero-order chi connectivity index (χ0) is 15.8. The molecule has 1 aromatic carbocycles. The second kappa shape index (κ2) is 5.83. The molecule has 0 heterocycles. The van der Waals surface area contributed by atoms with Crippen LogP contribution in [0.5, 0.6) is 0 Å². The summed E-state index contributed by atoms with van der Waals surface area (Å²) in [6.07, 6.45) is -4.22. The highest BCUT2D eigenvalue weighted by Gasteiger charge is 2.46. The van der Waals surface area contributed by atoms with E-state index in [4.69, 9.17) is 5.73 Å². The Bertz CT molecular complexity index is 531. The first-order valence-electron chi connectivity index (χ1n) is 6.60. The van der Waals surface area contributed by atoms with Crippen molar-refractivity contribution in [2.45, 2.75) is 43.8 Å². The number of hydrogen-bond acceptors (Lipinski definition) is 1. The molecule has 2 unspecified atom stereocenters. The van der Waals surface area contributed by atoms with E-state index in [2.05, 4.69) is 15.9 Å². The molecule has 0 radical (unpaired) electrons. The normalized spacial score (nSPS) is 26.9. The van der Waals surface area contributed by atoms with Gasteiger partial charge in [0.1, 0.15) is 11.6 Å². The first kappa shape index (κ1) is 16.7. The highest BCUT2D eigenvalue weighted by molar-refractivity contribution is 9.10. The summed E-state index contributed by atoms with van der Waals surface area (Å²) in [5.41, 5.74) is 4.53. The van der Waals surface area contributed by atoms with Crippen molar-refractivity contribution in [3.8, 4) is 0 Å². The van der Waals surface area contributed by atoms with Crippen molar-refractivity contribution in [2.75, 3.05) is 0 Å². The maximum Gasteiger partial charge on any atom is 0.391 e. The maximum absolute atomic E-state index is 14.0. The van der Waals surface area contributed by atoms with Gasteiger partial charge in [0, 0.05) is 11.1 Å². The summed E-state index contributed by atoms with van der Waals surface area (Å²) >= 11 is 2.94. The lowest BCUT2D eigenvalue weighted by molar-refractivity contribution is -0.187. The molecule has 0 amide bonds. The van der Waals surface area contributed by atoms with Crippen LogP contribution in [0.15, 0.2) is 16.6 Å². The first-order chi connectivity index (χ1) is 9.62. The Morgan fingerprint density at radius 1 is 1.29 bits per heavy atom. The highest BCUT2D eigenvalue weighted by Crippen LogP contribution is 2.42. The average Bonchev–Trinajstić information content (AvgIpc) is 2.38. The molecule has 0 spiro atoms. The molecule has 0 aliphatic heterocycles. The number of nitrogens with two attached hydrogens (primary N) is 1. The van der Waals surface area contributed by atoms with Gasteiger partial charge in [-0.15, -0.1) is 0 Å². The highest BCUT2D eigenvalue weighted by atomic mass is 79.9. The Balaban J connectivity index is 2.24. The van der Waals surface area contributed by atoms with Crippen molar-refractivity contribution in [1.29, 1.82) is 0 Å². The van der Waals surface area contributed by atoms with E-state index >= 15 is 0 Å². The standard InChI is InChI=1S/C14H15BrF5N/c15-10-3-4-11(16)9(12(10)17)7-13(21)5-1-2-8(6-13)14(18,19)20/h3-4,8H,1-2,5-7,21H2. The van der Waals surface area contributed by atoms with Gasteiger partial charge in [-0.3, -0.25) is 0 Å². The monoisotopic (exact) mass is 371 g/mol. The van der Waals surface area contributed by atoms with E-state index in [0.29, 0.717) is 12.8 Å². The van der Waals surface area contributed by atoms with Gasteiger partial charge in [-0.2, -0.15) is 13.2 Å². The van der Waals surface area contributed by atoms with E-state index in [1.54, 1.807) is 0 Å². The van der Waals surface area contributed by atoms with Crippen LogP contribution in [0.4, 0.5) is 22.0 Å². The molecule has 7 heteroatoms. The van der Waals surface area contributed by atoms with Crippen LogP contribution >= 0.6 is 15.9 Å². The van der Waals surface area contributed by atoms with Gasteiger partial charge in [0.05, 0.1) is 10.4 Å². The number of benzene rings is 1. The summed E-state index contributed by atoms with van der Waals surface area (Å²) in [6, 6.07) is 2.30. The van der Waals surface area contributed by atoms with E-state index < -0.39 is 29.3 Å². The smallest absolute Gasteiger partial charge is 0.325 e. The third-order valence-corrected chi connectivity index (χ3v) is 4.62. The topological polar surface area (TPSA) is 26.0 Å². The molecule has 2 N–H and O–H groups in total. The first-order valence-corrected chi connectivity index (χ1v) is 7.40. The predicted octanol–water partition coefficient (Wildman–Crippen LogP) is 4.72. The summed E-state index contributed by atoms with van der Waals surface area (Å²) in [4.78, 5) is 0. The lowest BCUT2D eigenvalue weighted by atomic mass is 9.73. The number of rotatable bonds is 2. The Morgan fingerprint density at radius 2 is 1.95 bits per heavy atom. The summed E-state index contributed by atoms with van der Waals surface area (Å²) in [6.45, 7) is 0. The Kier molecular flexibility index (Phi) is 4.63. The summed E-state index contributed by atoms with van der Waals surface area (Å²) in [5.74, 6) is -3.09. The molecule has 1 aliphatic rings. The second-order valence-electron chi connectivity index (χ2n) is 5.70. The molecule has 1 aromatic rings. The Morgan fingerprint density at radius 3 is 2.57 bits per heavy atom. The third-order valence-electron chi connectivity index (χ3n) is 4.01. The van der Waals surface area contributed by atoms with Crippen LogP contribution < -0.4 is 5.73 Å². The molecular weight excluding hydrogens is 357 g/mol. The molecule has 1 fully saturated rings. The van der Waals surface area contributed by atoms with E-state index in [0.717, 1.165) is 6.07 Å². The molecule has 1 saturated carbocycles. The summed E-state index contributed by atoms with van der Waals surface area (Å²) < 4.78 is 66.3. The molecule has 1 aliphatic carbocycles. The zero-order valence-corrected chi connectivity index (χ0v) is 12.7. The van der Waals surface area contributed by atoms with Gasteiger partial charge in [-0.1, -0.05) is 6.42 Å². The van der Waals surface area contributed by atoms with Crippen LogP contribution in [0.2, 0.25) is 0 Å². The number of halogens is 6. The number of hydrogen-bond donors (Lipinski definition) is 1. The van der Waals surface area contributed by atoms with Crippen molar-refractivity contribution >= 4 is 15.9 Å². The third kappa shape index (κ3) is 3.74. The Hall–Kier alpha value is -0.690. The SMILES string of the molecule is NC1(Cc2c(F)ccc(Br)c2F)CCCC(C(F)(F)F)C1. The molecule has 21 heavy (non-hydrogen) atoms. The van der Waals surface area contributed by atoms with Crippen LogP contribution in [0.3, 0.4) is 0 Å². The van der Waals surface area contributed by atoms with Crippen molar-refractivity contribution in [3.05, 3.63) is 33.8 Å². The van der Waals surface area contributed by atoms with Crippen LogP contribution in [0, 0.1) is 17.6 Å². The molecule has 0 bridgehead atoms. The van der Waals surface area contributed by atoms with Crippen molar-refractivity contribution in [1.82, 2.24) is 0 Å². The van der Waals surface area contributed by atoms with Gasteiger partial charge in [0.15, 0.2) is 0 Å². The second-order valence-corrected chi connectivity index (χ2v) is 6.55. The quantitative estimate of drug-likeness (QED) is 0.590. The molecular formula is C14H15BrF5N. The van der Waals surface area contributed by atoms with Gasteiger partial charge in [0.2, 0.25) is 0 Å². The number of alkyl halides is 3. The fourth-order valence-corrected chi connectivity index (χ4v) is 3.29. The molecule has 2 rings (SSSR count). The van der Waals surface area contributed by atoms with Gasteiger partial charge >= 0.3 is 6.18 Å². The van der Waals surface area contributed by atoms with Crippen LogP contribution in [0.25, 0.3) is 0 Å². The molecule has 118 valence electrons. The van der Waals surface area contributed by atoms with Crippen LogP contribution in [0.1, 0.15) is 31.2 Å². The lowest BCUT2D eigenvalue weighted by Crippen LogP contribution is -2.49. The minimum Gasteiger partial charge on any atom is -0.325 e. The van der Waals surface area contributed by atoms with E-state index in [1.807, 2.05) is 0 Å². The predicted molar refractivity (Wildman–Crippen MR) is 72.7 cm³/mol. The van der Waals surface area contributed by atoms with Crippen LogP contribution in [-0.4, -0.2) is 11.7 Å². The summed E-state index contributed by atoms with van der Waals surface area (Å²) in [5, 5.41) is 0. The van der Waals surface area contributed by atoms with Crippen molar-refractivity contribution < 1.29 is 22.0 Å².